The van der Waals surface area contributed by atoms with Gasteiger partial charge in [0, 0.05) is 36.5 Å². The first-order chi connectivity index (χ1) is 26.6. The molecule has 0 saturated heterocycles. The average Bonchev–Trinajstić information content (AvgIpc) is 3.59. The van der Waals surface area contributed by atoms with Crippen LogP contribution in [0.2, 0.25) is 0 Å². The number of nitrogens with zero attached hydrogens (tertiary/aromatic N) is 3. The molecule has 1 aliphatic rings. The molecule has 3 aromatic carbocycles. The van der Waals surface area contributed by atoms with Gasteiger partial charge >= 0.3 is 0 Å². The molecule has 55 heavy (non-hydrogen) atoms. The predicted octanol–water partition coefficient (Wildman–Crippen LogP) is 7.88. The first kappa shape index (κ1) is 42.0. The number of aryl methyl sites for hydroxylation is 3. The van der Waals surface area contributed by atoms with E-state index >= 15 is 0 Å². The van der Waals surface area contributed by atoms with Crippen molar-refractivity contribution in [3.05, 3.63) is 107 Å². The van der Waals surface area contributed by atoms with Crippen molar-refractivity contribution in [1.29, 1.82) is 0 Å². The van der Waals surface area contributed by atoms with Crippen LogP contribution < -0.4 is 15.1 Å². The highest BCUT2D eigenvalue weighted by Gasteiger charge is 2.22. The van der Waals surface area contributed by atoms with E-state index in [1.807, 2.05) is 41.0 Å². The number of imidazole rings is 1. The maximum atomic E-state index is 13.6. The predicted molar refractivity (Wildman–Crippen MR) is 219 cm³/mol. The second-order valence-corrected chi connectivity index (χ2v) is 16.8. The molecular formula is C42H54N4O7S2. The van der Waals surface area contributed by atoms with E-state index in [4.69, 9.17) is 13.8 Å². The Kier molecular flexibility index (Phi) is 16.2. The second-order valence-electron chi connectivity index (χ2n) is 13.8. The molecule has 1 atom stereocenters. The van der Waals surface area contributed by atoms with E-state index in [0.29, 0.717) is 59.2 Å². The van der Waals surface area contributed by atoms with Crippen molar-refractivity contribution in [2.24, 2.45) is 0 Å². The van der Waals surface area contributed by atoms with Crippen LogP contribution in [-0.4, -0.2) is 61.0 Å². The molecule has 0 aliphatic carbocycles. The van der Waals surface area contributed by atoms with Gasteiger partial charge in [0.1, 0.15) is 12.4 Å². The van der Waals surface area contributed by atoms with Crippen LogP contribution in [0.25, 0.3) is 6.08 Å². The number of unbranched alkanes of at least 4 members (excludes halogenated alkanes) is 2. The first-order valence-corrected chi connectivity index (χ1v) is 22.3. The molecule has 5 rings (SSSR count). The summed E-state index contributed by atoms with van der Waals surface area (Å²) in [5, 5.41) is 4.40. The van der Waals surface area contributed by atoms with Crippen LogP contribution in [0.15, 0.2) is 89.7 Å². The number of rotatable bonds is 21. The highest BCUT2D eigenvalue weighted by molar-refractivity contribution is 7.90. The van der Waals surface area contributed by atoms with E-state index in [0.717, 1.165) is 81.4 Å². The number of nitrogens with one attached hydrogen (secondary N) is 1. The third kappa shape index (κ3) is 13.5. The molecule has 296 valence electrons. The minimum absolute atomic E-state index is 0.247. The van der Waals surface area contributed by atoms with E-state index in [1.54, 1.807) is 36.8 Å². The highest BCUT2D eigenvalue weighted by atomic mass is 32.2. The van der Waals surface area contributed by atoms with Crippen LogP contribution in [0.1, 0.15) is 81.2 Å². The smallest absolute Gasteiger partial charge is 0.285 e. The molecule has 11 nitrogen and oxygen atoms in total. The number of ether oxygens (including phenoxy) is 2. The van der Waals surface area contributed by atoms with Gasteiger partial charge in [0.15, 0.2) is 10.6 Å². The van der Waals surface area contributed by atoms with Crippen LogP contribution in [0, 0.1) is 0 Å². The second kappa shape index (κ2) is 21.2. The summed E-state index contributed by atoms with van der Waals surface area (Å²) >= 11 is -1.26. The fourth-order valence-electron chi connectivity index (χ4n) is 6.32. The molecule has 0 spiro atoms. The average molecular weight is 791 g/mol. The van der Waals surface area contributed by atoms with Gasteiger partial charge in [-0.3, -0.25) is 4.79 Å². The molecule has 0 bridgehead atoms. The third-order valence-electron chi connectivity index (χ3n) is 9.17. The van der Waals surface area contributed by atoms with Crippen molar-refractivity contribution in [3.63, 3.8) is 0 Å². The molecule has 1 amide bonds. The molecule has 4 aromatic rings. The molecule has 0 radical (unpaired) electrons. The highest BCUT2D eigenvalue weighted by Crippen LogP contribution is 2.31. The third-order valence-corrected chi connectivity index (χ3v) is 11.0. The molecule has 1 aliphatic heterocycles. The number of benzene rings is 3. The lowest BCUT2D eigenvalue weighted by molar-refractivity contribution is -0.112. The fourth-order valence-corrected chi connectivity index (χ4v) is 7.92. The van der Waals surface area contributed by atoms with Gasteiger partial charge in [-0.25, -0.2) is 10.0 Å². The fraction of sp³-hybridized carbons (Fsp3) is 0.429. The van der Waals surface area contributed by atoms with Crippen LogP contribution in [0.5, 0.6) is 5.75 Å². The zero-order valence-electron chi connectivity index (χ0n) is 32.2. The SMILES string of the molecule is CCCCOCCOc1ccc(CCCCc2ccc3c(c2)C=C(C(=O)Nc2ccc([S+]([O-])Cc4cncn4CCC)cc2)CCCN3OS(C)(=O)=O)cc1. The number of carbonyl (C=O) groups excluding carboxylic acids is 1. The number of hydrogen-bond acceptors (Lipinski definition) is 9. The molecule has 1 aromatic heterocycles. The van der Waals surface area contributed by atoms with Crippen LogP contribution >= 0.6 is 0 Å². The first-order valence-electron chi connectivity index (χ1n) is 19.2. The van der Waals surface area contributed by atoms with E-state index in [1.165, 1.54) is 10.6 Å². The molecular weight excluding hydrogens is 737 g/mol. The van der Waals surface area contributed by atoms with Crippen LogP contribution in [-0.2, 0) is 60.2 Å². The standard InChI is InChI=1S/C42H54N4O7S2/c1-4-6-25-51-26-27-52-39-18-13-33(14-19-39)10-7-8-11-34-15-22-41-36(28-34)29-35(12-9-24-46(41)53-55(3,49)50)42(47)44-37-16-20-40(21-17-37)54(48)31-38-30-43-32-45(38)23-5-2/h13-22,28-30,32H,4-12,23-27,31H2,1-3H3,(H,44,47). The summed E-state index contributed by atoms with van der Waals surface area (Å²) in [6, 6.07) is 21.2. The van der Waals surface area contributed by atoms with Gasteiger partial charge in [0.25, 0.3) is 16.0 Å². The Labute approximate surface area is 329 Å². The van der Waals surface area contributed by atoms with Crippen molar-refractivity contribution in [2.45, 2.75) is 88.8 Å². The summed E-state index contributed by atoms with van der Waals surface area (Å²) in [5.41, 5.74) is 5.72. The summed E-state index contributed by atoms with van der Waals surface area (Å²) in [6.45, 7) is 7.25. The maximum Gasteiger partial charge on any atom is 0.285 e. The molecule has 0 saturated carbocycles. The Balaban J connectivity index is 1.20. The van der Waals surface area contributed by atoms with Crippen LogP contribution in [0.3, 0.4) is 0 Å². The van der Waals surface area contributed by atoms with Gasteiger partial charge in [0.2, 0.25) is 0 Å². The summed E-state index contributed by atoms with van der Waals surface area (Å²) in [7, 11) is -3.77. The monoisotopic (exact) mass is 790 g/mol. The van der Waals surface area contributed by atoms with E-state index < -0.39 is 21.3 Å². The Bertz CT molecular complexity index is 1950. The molecule has 1 N–H and O–H groups in total. The lowest BCUT2D eigenvalue weighted by Gasteiger charge is -2.26. The molecule has 13 heteroatoms. The van der Waals surface area contributed by atoms with Gasteiger partial charge in [0.05, 0.1) is 36.8 Å². The Morgan fingerprint density at radius 2 is 1.67 bits per heavy atom. The normalized spacial score (nSPS) is 13.7. The number of hydroxylamine groups is 1. The molecule has 2 heterocycles. The maximum absolute atomic E-state index is 13.6. The van der Waals surface area contributed by atoms with Gasteiger partial charge in [-0.2, -0.15) is 8.42 Å². The van der Waals surface area contributed by atoms with Crippen LogP contribution in [0.4, 0.5) is 11.4 Å². The van der Waals surface area contributed by atoms with Gasteiger partial charge in [-0.15, -0.1) is 4.28 Å². The zero-order chi connectivity index (χ0) is 39.0. The largest absolute Gasteiger partial charge is 0.611 e. The van der Waals surface area contributed by atoms with Crippen molar-refractivity contribution >= 4 is 44.7 Å². The van der Waals surface area contributed by atoms with Gasteiger partial charge < -0.3 is 23.9 Å². The number of hydrogen-bond donors (Lipinski definition) is 1. The Morgan fingerprint density at radius 1 is 0.927 bits per heavy atom. The van der Waals surface area contributed by atoms with E-state index in [-0.39, 0.29) is 12.5 Å². The lowest BCUT2D eigenvalue weighted by Crippen LogP contribution is -2.30. The summed E-state index contributed by atoms with van der Waals surface area (Å²) in [5.74, 6) is 0.954. The summed E-state index contributed by atoms with van der Waals surface area (Å²) in [4.78, 5) is 18.5. The topological polar surface area (TPSA) is 135 Å². The van der Waals surface area contributed by atoms with Gasteiger partial charge in [-0.05, 0) is 128 Å². The number of anilines is 2. The minimum atomic E-state index is -3.77. The van der Waals surface area contributed by atoms with Crippen molar-refractivity contribution in [2.75, 3.05) is 43.0 Å². The van der Waals surface area contributed by atoms with Gasteiger partial charge in [-0.1, -0.05) is 38.5 Å². The Hall–Kier alpha value is -4.14. The number of amides is 1. The number of aromatic nitrogens is 2. The van der Waals surface area contributed by atoms with Crippen molar-refractivity contribution < 1.29 is 31.5 Å². The Morgan fingerprint density at radius 3 is 2.40 bits per heavy atom. The number of carbonyl (C=O) groups is 1. The quantitative estimate of drug-likeness (QED) is 0.0661. The lowest BCUT2D eigenvalue weighted by atomic mass is 9.97. The van der Waals surface area contributed by atoms with Crippen molar-refractivity contribution in [3.8, 4) is 5.75 Å². The summed E-state index contributed by atoms with van der Waals surface area (Å²) < 4.78 is 56.2. The van der Waals surface area contributed by atoms with Crippen molar-refractivity contribution in [1.82, 2.24) is 9.55 Å². The minimum Gasteiger partial charge on any atom is -0.611 e. The number of fused-ring (bicyclic) bond motifs is 1. The van der Waals surface area contributed by atoms with E-state index in [2.05, 4.69) is 36.3 Å². The zero-order valence-corrected chi connectivity index (χ0v) is 33.8. The molecule has 0 fully saturated rings. The summed E-state index contributed by atoms with van der Waals surface area (Å²) in [6.07, 6.45) is 14.2. The van der Waals surface area contributed by atoms with E-state index in [9.17, 15) is 17.8 Å². The molecule has 1 unspecified atom stereocenters.